The van der Waals surface area contributed by atoms with Crippen LogP contribution in [0.2, 0.25) is 0 Å². The van der Waals surface area contributed by atoms with Gasteiger partial charge < -0.3 is 0 Å². The van der Waals surface area contributed by atoms with Crippen molar-refractivity contribution < 1.29 is 0 Å². The molecule has 0 spiro atoms. The van der Waals surface area contributed by atoms with Crippen molar-refractivity contribution in [2.45, 2.75) is 0 Å². The summed E-state index contributed by atoms with van der Waals surface area (Å²) in [6.07, 6.45) is 5.65. The van der Waals surface area contributed by atoms with Crippen LogP contribution >= 0.6 is 0 Å². The molecule has 0 atom stereocenters. The minimum atomic E-state index is 0.801. The maximum atomic E-state index is 5.19. The Balaban J connectivity index is 1.18. The minimum Gasteiger partial charge on any atom is -0.298 e. The van der Waals surface area contributed by atoms with Crippen molar-refractivity contribution in [1.82, 2.24) is 29.3 Å². The van der Waals surface area contributed by atoms with Crippen LogP contribution < -0.4 is 0 Å². The van der Waals surface area contributed by atoms with Gasteiger partial charge in [0.1, 0.15) is 11.2 Å². The summed E-state index contributed by atoms with van der Waals surface area (Å²) in [5, 5.41) is 1.05. The van der Waals surface area contributed by atoms with Crippen LogP contribution in [0.1, 0.15) is 0 Å². The van der Waals surface area contributed by atoms with E-state index >= 15 is 0 Å². The van der Waals surface area contributed by atoms with Crippen LogP contribution in [0.25, 0.3) is 83.9 Å². The SMILES string of the molecule is c1ccc(-c2cc(-c3cccc(-c4cccc(-c5nc6ccccc6c6nc7ccccn7c56)c4)c3)cc(-c3ccccn3)n2)nc1. The quantitative estimate of drug-likeness (QED) is 0.196. The predicted molar refractivity (Wildman–Crippen MR) is 189 cm³/mol. The number of rotatable bonds is 5. The summed E-state index contributed by atoms with van der Waals surface area (Å²) in [4.78, 5) is 24.3. The number of hydrogen-bond acceptors (Lipinski definition) is 5. The summed E-state index contributed by atoms with van der Waals surface area (Å²) in [5.74, 6) is 0. The van der Waals surface area contributed by atoms with Crippen LogP contribution in [0.4, 0.5) is 0 Å². The van der Waals surface area contributed by atoms with Crippen LogP contribution in [0.3, 0.4) is 0 Å². The molecule has 0 aliphatic heterocycles. The Hall–Kier alpha value is -6.53. The smallest absolute Gasteiger partial charge is 0.137 e. The van der Waals surface area contributed by atoms with E-state index in [0.717, 1.165) is 83.9 Å². The van der Waals surface area contributed by atoms with Gasteiger partial charge in [-0.25, -0.2) is 15.0 Å². The lowest BCUT2D eigenvalue weighted by Gasteiger charge is -2.12. The van der Waals surface area contributed by atoms with E-state index in [0.29, 0.717) is 0 Å². The highest BCUT2D eigenvalue weighted by atomic mass is 15.0. The lowest BCUT2D eigenvalue weighted by Crippen LogP contribution is -1.94. The van der Waals surface area contributed by atoms with Crippen molar-refractivity contribution in [3.63, 3.8) is 0 Å². The normalized spacial score (nSPS) is 11.4. The maximum absolute atomic E-state index is 5.19. The monoisotopic (exact) mass is 602 g/mol. The molecule has 0 aliphatic carbocycles. The van der Waals surface area contributed by atoms with Crippen LogP contribution in [0.15, 0.2) is 158 Å². The molecule has 6 heterocycles. The highest BCUT2D eigenvalue weighted by Gasteiger charge is 2.17. The van der Waals surface area contributed by atoms with Gasteiger partial charge in [0.2, 0.25) is 0 Å². The van der Waals surface area contributed by atoms with Crippen molar-refractivity contribution in [1.29, 1.82) is 0 Å². The van der Waals surface area contributed by atoms with E-state index in [4.69, 9.17) is 15.0 Å². The molecule has 0 saturated heterocycles. The Morgan fingerprint density at radius 3 is 1.74 bits per heavy atom. The molecule has 3 aromatic carbocycles. The number of imidazole rings is 1. The molecular formula is C41H26N6. The van der Waals surface area contributed by atoms with Gasteiger partial charge in [-0.2, -0.15) is 0 Å². The first-order chi connectivity index (χ1) is 23.3. The number of para-hydroxylation sites is 1. The van der Waals surface area contributed by atoms with Crippen molar-refractivity contribution >= 4 is 27.6 Å². The van der Waals surface area contributed by atoms with Gasteiger partial charge in [0.05, 0.1) is 39.5 Å². The Morgan fingerprint density at radius 1 is 0.426 bits per heavy atom. The number of aromatic nitrogens is 6. The molecule has 0 saturated carbocycles. The second-order valence-electron chi connectivity index (χ2n) is 11.4. The molecule has 0 unspecified atom stereocenters. The van der Waals surface area contributed by atoms with Crippen molar-refractivity contribution in [3.05, 3.63) is 158 Å². The molecule has 0 bridgehead atoms. The molecule has 0 amide bonds. The molecule has 0 aliphatic rings. The number of benzene rings is 3. The second kappa shape index (κ2) is 11.1. The largest absolute Gasteiger partial charge is 0.298 e. The molecule has 6 heteroatoms. The summed E-state index contributed by atoms with van der Waals surface area (Å²) in [6, 6.07) is 47.5. The molecule has 6 nitrogen and oxygen atoms in total. The Kier molecular flexibility index (Phi) is 6.35. The summed E-state index contributed by atoms with van der Waals surface area (Å²) in [6.45, 7) is 0. The molecule has 0 radical (unpaired) electrons. The number of nitrogens with zero attached hydrogens (tertiary/aromatic N) is 6. The Labute approximate surface area is 270 Å². The predicted octanol–water partition coefficient (Wildman–Crippen LogP) is 9.56. The number of hydrogen-bond donors (Lipinski definition) is 0. The highest BCUT2D eigenvalue weighted by Crippen LogP contribution is 2.36. The van der Waals surface area contributed by atoms with Gasteiger partial charge in [-0.15, -0.1) is 0 Å². The zero-order chi connectivity index (χ0) is 31.2. The number of fused-ring (bicyclic) bond motifs is 5. The summed E-state index contributed by atoms with van der Waals surface area (Å²) < 4.78 is 2.14. The van der Waals surface area contributed by atoms with E-state index in [1.807, 2.05) is 66.7 Å². The van der Waals surface area contributed by atoms with Gasteiger partial charge in [-0.3, -0.25) is 14.4 Å². The van der Waals surface area contributed by atoms with Gasteiger partial charge in [-0.05, 0) is 89.0 Å². The van der Waals surface area contributed by atoms with Crippen molar-refractivity contribution in [2.24, 2.45) is 0 Å². The van der Waals surface area contributed by atoms with Crippen LogP contribution in [0.5, 0.6) is 0 Å². The second-order valence-corrected chi connectivity index (χ2v) is 11.4. The van der Waals surface area contributed by atoms with Crippen LogP contribution in [0, 0.1) is 0 Å². The highest BCUT2D eigenvalue weighted by molar-refractivity contribution is 6.09. The molecule has 47 heavy (non-hydrogen) atoms. The fourth-order valence-corrected chi connectivity index (χ4v) is 6.27. The third-order valence-electron chi connectivity index (χ3n) is 8.49. The van der Waals surface area contributed by atoms with Gasteiger partial charge in [0.15, 0.2) is 0 Å². The Morgan fingerprint density at radius 2 is 1.04 bits per heavy atom. The molecular weight excluding hydrogens is 576 g/mol. The molecule has 9 aromatic rings. The lowest BCUT2D eigenvalue weighted by molar-refractivity contribution is 1.22. The van der Waals surface area contributed by atoms with E-state index in [2.05, 4.69) is 93.4 Å². The topological polar surface area (TPSA) is 68.9 Å². The molecule has 220 valence electrons. The van der Waals surface area contributed by atoms with E-state index in [1.165, 1.54) is 0 Å². The first-order valence-corrected chi connectivity index (χ1v) is 15.5. The molecule has 9 rings (SSSR count). The summed E-state index contributed by atoms with van der Waals surface area (Å²) in [5.41, 5.74) is 13.3. The van der Waals surface area contributed by atoms with E-state index in [-0.39, 0.29) is 0 Å². The maximum Gasteiger partial charge on any atom is 0.137 e. The molecule has 0 fully saturated rings. The van der Waals surface area contributed by atoms with Gasteiger partial charge >= 0.3 is 0 Å². The van der Waals surface area contributed by atoms with Crippen molar-refractivity contribution in [3.8, 4) is 56.3 Å². The van der Waals surface area contributed by atoms with E-state index in [9.17, 15) is 0 Å². The van der Waals surface area contributed by atoms with Gasteiger partial charge in [0.25, 0.3) is 0 Å². The van der Waals surface area contributed by atoms with Crippen LogP contribution in [-0.2, 0) is 0 Å². The first kappa shape index (κ1) is 26.8. The third kappa shape index (κ3) is 4.80. The van der Waals surface area contributed by atoms with Crippen LogP contribution in [-0.4, -0.2) is 29.3 Å². The average molecular weight is 603 g/mol. The summed E-state index contributed by atoms with van der Waals surface area (Å²) >= 11 is 0. The van der Waals surface area contributed by atoms with Gasteiger partial charge in [-0.1, -0.05) is 72.8 Å². The standard InChI is InChI=1S/C41H26N6/c1-2-16-33-32(15-1)40-41(47-22-8-5-19-38(47)46-40)39(45-33)30-14-10-12-28(24-30)27-11-9-13-29(23-27)31-25-36(34-17-3-6-20-42-34)44-37(26-31)35-18-4-7-21-43-35/h1-26H. The fourth-order valence-electron chi connectivity index (χ4n) is 6.27. The zero-order valence-corrected chi connectivity index (χ0v) is 25.2. The first-order valence-electron chi connectivity index (χ1n) is 15.5. The van der Waals surface area contributed by atoms with Crippen molar-refractivity contribution in [2.75, 3.05) is 0 Å². The molecule has 6 aromatic heterocycles. The minimum absolute atomic E-state index is 0.801. The summed E-state index contributed by atoms with van der Waals surface area (Å²) in [7, 11) is 0. The third-order valence-corrected chi connectivity index (χ3v) is 8.49. The zero-order valence-electron chi connectivity index (χ0n) is 25.2. The fraction of sp³-hybridized carbons (Fsp3) is 0. The average Bonchev–Trinajstić information content (AvgIpc) is 3.55. The Bertz CT molecular complexity index is 2520. The van der Waals surface area contributed by atoms with Gasteiger partial charge in [0, 0.05) is 29.5 Å². The molecule has 0 N–H and O–H groups in total. The lowest BCUT2D eigenvalue weighted by atomic mass is 9.96. The number of pyridine rings is 5. The van der Waals surface area contributed by atoms with E-state index < -0.39 is 0 Å². The van der Waals surface area contributed by atoms with E-state index in [1.54, 1.807) is 12.4 Å².